The molecule has 0 rings (SSSR count). The van der Waals surface area contributed by atoms with Crippen LogP contribution < -0.4 is 0 Å². The van der Waals surface area contributed by atoms with E-state index < -0.39 is 0 Å². The summed E-state index contributed by atoms with van der Waals surface area (Å²) in [4.78, 5) is 11.3. The van der Waals surface area contributed by atoms with Gasteiger partial charge in [-0.2, -0.15) is 0 Å². The van der Waals surface area contributed by atoms with E-state index in [9.17, 15) is 4.79 Å². The lowest BCUT2D eigenvalue weighted by Crippen LogP contribution is -2.10. The third-order valence-electron chi connectivity index (χ3n) is 3.01. The van der Waals surface area contributed by atoms with Gasteiger partial charge in [-0.1, -0.05) is 51.2 Å². The van der Waals surface area contributed by atoms with Crippen molar-refractivity contribution in [3.8, 4) is 0 Å². The van der Waals surface area contributed by atoms with E-state index in [0.717, 1.165) is 12.8 Å². The van der Waals surface area contributed by atoms with Crippen molar-refractivity contribution in [2.24, 2.45) is 0 Å². The molecule has 2 heteroatoms. The van der Waals surface area contributed by atoms with E-state index in [4.69, 9.17) is 4.74 Å². The van der Waals surface area contributed by atoms with Crippen molar-refractivity contribution in [1.29, 1.82) is 0 Å². The number of carbonyl (C=O) groups excluding carboxylic acids is 1. The Labute approximate surface area is 119 Å². The summed E-state index contributed by atoms with van der Waals surface area (Å²) < 4.78 is 5.09. The summed E-state index contributed by atoms with van der Waals surface area (Å²) in [5.41, 5.74) is 0. The highest BCUT2D eigenvalue weighted by atomic mass is 16.5. The molecule has 0 aromatic carbocycles. The molecular formula is C17H32O2. The highest BCUT2D eigenvalue weighted by Crippen LogP contribution is 2.09. The molecule has 0 bridgehead atoms. The molecule has 0 radical (unpaired) electrons. The lowest BCUT2D eigenvalue weighted by Gasteiger charge is -2.07. The summed E-state index contributed by atoms with van der Waals surface area (Å²) in [6, 6.07) is 0. The zero-order chi connectivity index (χ0) is 14.3. The first-order valence-electron chi connectivity index (χ1n) is 8.01. The van der Waals surface area contributed by atoms with Gasteiger partial charge in [-0.05, 0) is 39.5 Å². The molecule has 0 saturated carbocycles. The first-order valence-corrected chi connectivity index (χ1v) is 8.01. The number of hydrogen-bond donors (Lipinski definition) is 0. The van der Waals surface area contributed by atoms with E-state index in [0.29, 0.717) is 6.42 Å². The molecular weight excluding hydrogens is 236 g/mol. The second-order valence-corrected chi connectivity index (χ2v) is 5.46. The summed E-state index contributed by atoms with van der Waals surface area (Å²) in [5.74, 6) is -0.0474. The van der Waals surface area contributed by atoms with Gasteiger partial charge in [0.25, 0.3) is 0 Å². The van der Waals surface area contributed by atoms with Crippen LogP contribution >= 0.6 is 0 Å². The number of rotatable bonds is 12. The lowest BCUT2D eigenvalue weighted by molar-refractivity contribution is -0.147. The number of hydrogen-bond acceptors (Lipinski definition) is 2. The molecule has 0 aliphatic carbocycles. The van der Waals surface area contributed by atoms with E-state index in [1.807, 2.05) is 13.8 Å². The van der Waals surface area contributed by atoms with Crippen LogP contribution in [-0.4, -0.2) is 12.1 Å². The van der Waals surface area contributed by atoms with Crippen molar-refractivity contribution >= 4 is 5.97 Å². The first kappa shape index (κ1) is 18.2. The van der Waals surface area contributed by atoms with E-state index in [1.54, 1.807) is 0 Å². The Morgan fingerprint density at radius 2 is 1.53 bits per heavy atom. The molecule has 0 atom stereocenters. The van der Waals surface area contributed by atoms with Gasteiger partial charge in [0.2, 0.25) is 0 Å². The van der Waals surface area contributed by atoms with Gasteiger partial charge in [0.05, 0.1) is 6.10 Å². The predicted molar refractivity (Wildman–Crippen MR) is 82.2 cm³/mol. The van der Waals surface area contributed by atoms with Crippen molar-refractivity contribution in [2.45, 2.75) is 91.1 Å². The van der Waals surface area contributed by atoms with Crippen LogP contribution in [0.3, 0.4) is 0 Å². The van der Waals surface area contributed by atoms with Gasteiger partial charge in [0.1, 0.15) is 0 Å². The summed E-state index contributed by atoms with van der Waals surface area (Å²) in [7, 11) is 0. The van der Waals surface area contributed by atoms with Crippen molar-refractivity contribution in [1.82, 2.24) is 0 Å². The minimum absolute atomic E-state index is 0.0204. The van der Waals surface area contributed by atoms with Gasteiger partial charge in [0.15, 0.2) is 0 Å². The van der Waals surface area contributed by atoms with Crippen LogP contribution in [-0.2, 0) is 9.53 Å². The summed E-state index contributed by atoms with van der Waals surface area (Å²) >= 11 is 0. The molecule has 0 aliphatic rings. The molecule has 0 amide bonds. The van der Waals surface area contributed by atoms with Gasteiger partial charge in [-0.25, -0.2) is 0 Å². The standard InChI is InChI=1S/C17H32O2/c1-4-5-6-7-8-9-10-11-12-13-14-15-17(18)19-16(2)3/h7-8,16H,4-6,9-15H2,1-3H3/b8-7-. The number of ether oxygens (including phenoxy) is 1. The van der Waals surface area contributed by atoms with Crippen LogP contribution in [0.1, 0.15) is 85.0 Å². The lowest BCUT2D eigenvalue weighted by atomic mass is 10.1. The molecule has 0 aromatic rings. The molecule has 112 valence electrons. The molecule has 0 fully saturated rings. The van der Waals surface area contributed by atoms with Gasteiger partial charge >= 0.3 is 5.97 Å². The SMILES string of the molecule is CCCC/C=C\CCCCCCCC(=O)OC(C)C. The molecule has 0 N–H and O–H groups in total. The second kappa shape index (κ2) is 13.6. The van der Waals surface area contributed by atoms with E-state index >= 15 is 0 Å². The first-order chi connectivity index (χ1) is 9.16. The maximum atomic E-state index is 11.3. The fourth-order valence-electron chi connectivity index (χ4n) is 1.94. The third kappa shape index (κ3) is 15.2. The third-order valence-corrected chi connectivity index (χ3v) is 3.01. The monoisotopic (exact) mass is 268 g/mol. The second-order valence-electron chi connectivity index (χ2n) is 5.46. The Hall–Kier alpha value is -0.790. The predicted octanol–water partition coefficient (Wildman–Crippen LogP) is 5.42. The Bertz CT molecular complexity index is 231. The maximum Gasteiger partial charge on any atom is 0.306 e. The molecule has 0 aromatic heterocycles. The number of carbonyl (C=O) groups is 1. The van der Waals surface area contributed by atoms with E-state index in [1.165, 1.54) is 44.9 Å². The molecule has 0 aliphatic heterocycles. The van der Waals surface area contributed by atoms with Crippen molar-refractivity contribution < 1.29 is 9.53 Å². The van der Waals surface area contributed by atoms with Crippen LogP contribution in [0, 0.1) is 0 Å². The van der Waals surface area contributed by atoms with Crippen LogP contribution in [0.5, 0.6) is 0 Å². The van der Waals surface area contributed by atoms with Crippen LogP contribution in [0.4, 0.5) is 0 Å². The summed E-state index contributed by atoms with van der Waals surface area (Å²) in [6.45, 7) is 6.02. The average molecular weight is 268 g/mol. The van der Waals surface area contributed by atoms with Gasteiger partial charge in [0, 0.05) is 6.42 Å². The highest BCUT2D eigenvalue weighted by Gasteiger charge is 2.04. The quantitative estimate of drug-likeness (QED) is 0.268. The molecule has 2 nitrogen and oxygen atoms in total. The van der Waals surface area contributed by atoms with Crippen LogP contribution in [0.25, 0.3) is 0 Å². The van der Waals surface area contributed by atoms with Gasteiger partial charge in [-0.15, -0.1) is 0 Å². The van der Waals surface area contributed by atoms with Crippen LogP contribution in [0.2, 0.25) is 0 Å². The molecule has 0 heterocycles. The maximum absolute atomic E-state index is 11.3. The number of esters is 1. The van der Waals surface area contributed by atoms with Gasteiger partial charge < -0.3 is 4.74 Å². The average Bonchev–Trinajstić information content (AvgIpc) is 2.35. The van der Waals surface area contributed by atoms with E-state index in [-0.39, 0.29) is 12.1 Å². The molecule has 19 heavy (non-hydrogen) atoms. The normalized spacial score (nSPS) is 11.4. The molecule has 0 spiro atoms. The Morgan fingerprint density at radius 1 is 0.947 bits per heavy atom. The zero-order valence-electron chi connectivity index (χ0n) is 13.1. The number of unbranched alkanes of at least 4 members (excludes halogenated alkanes) is 7. The van der Waals surface area contributed by atoms with Crippen molar-refractivity contribution in [3.63, 3.8) is 0 Å². The Kier molecular flexibility index (Phi) is 13.1. The van der Waals surface area contributed by atoms with Crippen molar-refractivity contribution in [2.75, 3.05) is 0 Å². The fraction of sp³-hybridized carbons (Fsp3) is 0.824. The fourth-order valence-corrected chi connectivity index (χ4v) is 1.94. The molecule has 0 unspecified atom stereocenters. The molecule has 0 saturated heterocycles. The topological polar surface area (TPSA) is 26.3 Å². The Morgan fingerprint density at radius 3 is 2.16 bits per heavy atom. The minimum Gasteiger partial charge on any atom is -0.463 e. The zero-order valence-corrected chi connectivity index (χ0v) is 13.1. The number of allylic oxidation sites excluding steroid dienone is 2. The van der Waals surface area contributed by atoms with E-state index in [2.05, 4.69) is 19.1 Å². The van der Waals surface area contributed by atoms with Crippen LogP contribution in [0.15, 0.2) is 12.2 Å². The van der Waals surface area contributed by atoms with Gasteiger partial charge in [-0.3, -0.25) is 4.79 Å². The summed E-state index contributed by atoms with van der Waals surface area (Å²) in [5, 5.41) is 0. The highest BCUT2D eigenvalue weighted by molar-refractivity contribution is 5.69. The smallest absolute Gasteiger partial charge is 0.306 e. The largest absolute Gasteiger partial charge is 0.463 e. The summed E-state index contributed by atoms with van der Waals surface area (Å²) in [6.07, 6.45) is 16.2. The Balaban J connectivity index is 3.18. The van der Waals surface area contributed by atoms with Crippen molar-refractivity contribution in [3.05, 3.63) is 12.2 Å². The minimum atomic E-state index is -0.0474.